The highest BCUT2D eigenvalue weighted by molar-refractivity contribution is 9.10. The van der Waals surface area contributed by atoms with E-state index in [2.05, 4.69) is 38.5 Å². The maximum absolute atomic E-state index is 11.9. The van der Waals surface area contributed by atoms with Gasteiger partial charge in [-0.25, -0.2) is 0 Å². The minimum absolute atomic E-state index is 0.0394. The average molecular weight is 300 g/mol. The fraction of sp³-hybridized carbons (Fsp3) is 0.583. The smallest absolute Gasteiger partial charge is 0.267 e. The number of carbonyl (C=O) groups is 1. The van der Waals surface area contributed by atoms with Gasteiger partial charge in [0.15, 0.2) is 0 Å². The van der Waals surface area contributed by atoms with Crippen LogP contribution in [0.1, 0.15) is 30.3 Å². The number of carbonyl (C=O) groups excluding carboxylic acids is 1. The van der Waals surface area contributed by atoms with Gasteiger partial charge in [-0.1, -0.05) is 6.92 Å². The molecule has 1 fully saturated rings. The highest BCUT2D eigenvalue weighted by Gasteiger charge is 2.27. The van der Waals surface area contributed by atoms with E-state index in [0.29, 0.717) is 5.69 Å². The molecule has 17 heavy (non-hydrogen) atoms. The van der Waals surface area contributed by atoms with Crippen LogP contribution >= 0.6 is 15.9 Å². The Labute approximate surface area is 110 Å². The summed E-state index contributed by atoms with van der Waals surface area (Å²) in [4.78, 5) is 14.8. The molecule has 0 spiro atoms. The van der Waals surface area contributed by atoms with Crippen molar-refractivity contribution < 1.29 is 4.79 Å². The quantitative estimate of drug-likeness (QED) is 0.798. The van der Waals surface area contributed by atoms with Crippen LogP contribution in [0, 0.1) is 5.41 Å². The summed E-state index contributed by atoms with van der Waals surface area (Å²) in [6.07, 6.45) is 4.11. The Morgan fingerprint density at radius 1 is 1.65 bits per heavy atom. The normalized spacial score (nSPS) is 24.6. The average Bonchev–Trinajstić information content (AvgIpc) is 2.74. The summed E-state index contributed by atoms with van der Waals surface area (Å²) in [5.74, 6) is -0.0394. The second-order valence-electron chi connectivity index (χ2n) is 5.01. The van der Waals surface area contributed by atoms with Crippen molar-refractivity contribution in [1.29, 1.82) is 0 Å². The van der Waals surface area contributed by atoms with E-state index in [-0.39, 0.29) is 11.3 Å². The second kappa shape index (κ2) is 5.23. The number of rotatable bonds is 3. The number of nitrogens with one attached hydrogen (secondary N) is 3. The Kier molecular flexibility index (Phi) is 3.89. The molecule has 1 saturated heterocycles. The Morgan fingerprint density at radius 2 is 2.47 bits per heavy atom. The molecule has 1 aromatic rings. The summed E-state index contributed by atoms with van der Waals surface area (Å²) in [6.45, 7) is 4.99. The monoisotopic (exact) mass is 299 g/mol. The standard InChI is InChI=1S/C12H18BrN3O/c1-12(3-2-4-14-7-12)8-16-11(17)10-5-9(13)6-15-10/h5-6,14-15H,2-4,7-8H2,1H3,(H,16,17). The molecule has 2 heterocycles. The van der Waals surface area contributed by atoms with Gasteiger partial charge in [0.25, 0.3) is 5.91 Å². The van der Waals surface area contributed by atoms with Crippen LogP contribution in [-0.4, -0.2) is 30.5 Å². The van der Waals surface area contributed by atoms with E-state index in [4.69, 9.17) is 0 Å². The van der Waals surface area contributed by atoms with Crippen molar-refractivity contribution in [2.45, 2.75) is 19.8 Å². The van der Waals surface area contributed by atoms with Crippen molar-refractivity contribution in [3.8, 4) is 0 Å². The van der Waals surface area contributed by atoms with Crippen LogP contribution in [0.5, 0.6) is 0 Å². The zero-order valence-electron chi connectivity index (χ0n) is 9.98. The molecule has 0 aromatic carbocycles. The molecular formula is C12H18BrN3O. The van der Waals surface area contributed by atoms with Gasteiger partial charge in [0.05, 0.1) is 0 Å². The third kappa shape index (κ3) is 3.33. The van der Waals surface area contributed by atoms with Gasteiger partial charge in [-0.15, -0.1) is 0 Å². The molecule has 0 aliphatic carbocycles. The molecule has 1 amide bonds. The largest absolute Gasteiger partial charge is 0.356 e. The molecule has 1 atom stereocenters. The van der Waals surface area contributed by atoms with E-state index in [0.717, 1.165) is 30.5 Å². The molecular weight excluding hydrogens is 282 g/mol. The van der Waals surface area contributed by atoms with Gasteiger partial charge in [-0.05, 0) is 46.8 Å². The van der Waals surface area contributed by atoms with Crippen molar-refractivity contribution >= 4 is 21.8 Å². The van der Waals surface area contributed by atoms with Crippen LogP contribution in [0.15, 0.2) is 16.7 Å². The predicted octanol–water partition coefficient (Wildman–Crippen LogP) is 1.90. The van der Waals surface area contributed by atoms with Gasteiger partial charge in [0, 0.05) is 23.8 Å². The maximum Gasteiger partial charge on any atom is 0.267 e. The summed E-state index contributed by atoms with van der Waals surface area (Å²) in [5.41, 5.74) is 0.779. The molecule has 3 N–H and O–H groups in total. The van der Waals surface area contributed by atoms with E-state index in [9.17, 15) is 4.79 Å². The zero-order valence-corrected chi connectivity index (χ0v) is 11.6. The highest BCUT2D eigenvalue weighted by Crippen LogP contribution is 2.24. The minimum atomic E-state index is -0.0394. The predicted molar refractivity (Wildman–Crippen MR) is 71.0 cm³/mol. The van der Waals surface area contributed by atoms with Crippen LogP contribution in [0.3, 0.4) is 0 Å². The summed E-state index contributed by atoms with van der Waals surface area (Å²) < 4.78 is 0.896. The minimum Gasteiger partial charge on any atom is -0.356 e. The molecule has 2 rings (SSSR count). The van der Waals surface area contributed by atoms with Crippen LogP contribution in [0.4, 0.5) is 0 Å². The third-order valence-corrected chi connectivity index (χ3v) is 3.71. The molecule has 1 aliphatic rings. The third-order valence-electron chi connectivity index (χ3n) is 3.25. The highest BCUT2D eigenvalue weighted by atomic mass is 79.9. The lowest BCUT2D eigenvalue weighted by molar-refractivity contribution is 0.0920. The topological polar surface area (TPSA) is 56.9 Å². The van der Waals surface area contributed by atoms with E-state index < -0.39 is 0 Å². The van der Waals surface area contributed by atoms with Crippen LogP contribution in [-0.2, 0) is 0 Å². The Morgan fingerprint density at radius 3 is 3.06 bits per heavy atom. The summed E-state index contributed by atoms with van der Waals surface area (Å²) >= 11 is 3.32. The number of hydrogen-bond donors (Lipinski definition) is 3. The van der Waals surface area contributed by atoms with Crippen LogP contribution in [0.2, 0.25) is 0 Å². The van der Waals surface area contributed by atoms with E-state index >= 15 is 0 Å². The van der Waals surface area contributed by atoms with Crippen molar-refractivity contribution in [1.82, 2.24) is 15.6 Å². The maximum atomic E-state index is 11.9. The number of hydrogen-bond acceptors (Lipinski definition) is 2. The van der Waals surface area contributed by atoms with Crippen molar-refractivity contribution in [2.75, 3.05) is 19.6 Å². The molecule has 0 radical (unpaired) electrons. The fourth-order valence-electron chi connectivity index (χ4n) is 2.16. The fourth-order valence-corrected chi connectivity index (χ4v) is 2.50. The molecule has 94 valence electrons. The molecule has 0 bridgehead atoms. The zero-order chi connectivity index (χ0) is 12.3. The lowest BCUT2D eigenvalue weighted by atomic mass is 9.83. The van der Waals surface area contributed by atoms with Crippen molar-refractivity contribution in [3.05, 3.63) is 22.4 Å². The first-order chi connectivity index (χ1) is 8.09. The molecule has 4 nitrogen and oxygen atoms in total. The lowest BCUT2D eigenvalue weighted by Gasteiger charge is -2.34. The van der Waals surface area contributed by atoms with E-state index in [1.165, 1.54) is 6.42 Å². The lowest BCUT2D eigenvalue weighted by Crippen LogP contribution is -2.45. The molecule has 5 heteroatoms. The molecule has 1 aliphatic heterocycles. The van der Waals surface area contributed by atoms with Gasteiger partial charge in [0.2, 0.25) is 0 Å². The molecule has 1 aromatic heterocycles. The molecule has 0 saturated carbocycles. The first-order valence-electron chi connectivity index (χ1n) is 5.92. The summed E-state index contributed by atoms with van der Waals surface area (Å²) in [7, 11) is 0. The van der Waals surface area contributed by atoms with Gasteiger partial charge in [-0.3, -0.25) is 4.79 Å². The van der Waals surface area contributed by atoms with Gasteiger partial charge < -0.3 is 15.6 Å². The number of piperidine rings is 1. The Balaban J connectivity index is 1.87. The number of amides is 1. The van der Waals surface area contributed by atoms with Gasteiger partial charge in [-0.2, -0.15) is 0 Å². The second-order valence-corrected chi connectivity index (χ2v) is 5.92. The summed E-state index contributed by atoms with van der Waals surface area (Å²) in [6, 6.07) is 1.79. The Bertz CT molecular complexity index is 396. The number of H-pyrrole nitrogens is 1. The van der Waals surface area contributed by atoms with E-state index in [1.807, 2.05) is 0 Å². The van der Waals surface area contributed by atoms with Crippen LogP contribution < -0.4 is 10.6 Å². The number of halogens is 1. The number of aromatic nitrogens is 1. The number of aromatic amines is 1. The van der Waals surface area contributed by atoms with Crippen molar-refractivity contribution in [3.63, 3.8) is 0 Å². The first-order valence-corrected chi connectivity index (χ1v) is 6.71. The molecule has 1 unspecified atom stereocenters. The Hall–Kier alpha value is -0.810. The SMILES string of the molecule is CC1(CNC(=O)c2cc(Br)c[nH]2)CCCNC1. The van der Waals surface area contributed by atoms with Gasteiger partial charge in [0.1, 0.15) is 5.69 Å². The van der Waals surface area contributed by atoms with Crippen LogP contribution in [0.25, 0.3) is 0 Å². The first kappa shape index (κ1) is 12.6. The summed E-state index contributed by atoms with van der Waals surface area (Å²) in [5, 5.41) is 6.37. The van der Waals surface area contributed by atoms with Gasteiger partial charge >= 0.3 is 0 Å². The van der Waals surface area contributed by atoms with E-state index in [1.54, 1.807) is 12.3 Å². The van der Waals surface area contributed by atoms with Crippen molar-refractivity contribution in [2.24, 2.45) is 5.41 Å².